The molecule has 2 aliphatic rings. The van der Waals surface area contributed by atoms with Crippen molar-refractivity contribution in [3.8, 4) is 22.8 Å². The Kier molecular flexibility index (Phi) is 18.5. The number of hydrogen-bond acceptors (Lipinski definition) is 9. The number of aromatic nitrogens is 2. The molecule has 69 heavy (non-hydrogen) atoms. The van der Waals surface area contributed by atoms with Gasteiger partial charge in [0.25, 0.3) is 0 Å². The Morgan fingerprint density at radius 3 is 2.25 bits per heavy atom. The van der Waals surface area contributed by atoms with Gasteiger partial charge in [0.05, 0.1) is 43.5 Å². The van der Waals surface area contributed by atoms with Crippen molar-refractivity contribution in [2.24, 2.45) is 13.0 Å². The normalized spacial score (nSPS) is 22.5. The third-order valence-electron chi connectivity index (χ3n) is 13.2. The van der Waals surface area contributed by atoms with Crippen LogP contribution in [-0.4, -0.2) is 131 Å². The highest BCUT2D eigenvalue weighted by Crippen LogP contribution is 2.33. The topological polar surface area (TPSA) is 159 Å². The van der Waals surface area contributed by atoms with Crippen LogP contribution in [0.3, 0.4) is 0 Å². The van der Waals surface area contributed by atoms with E-state index in [-0.39, 0.29) is 56.3 Å². The SMILES string of the molecule is C=CC[C@@H]1CC(=O)N(Cc2ccc(Cl)cc2Oc2ccc(-c3cnc(CN(C)C)n3C)cc2)[C@@H](C)C(=O)N[C@@H](COC)C(=O)N(C)[C@@H](Cc2ccc(Cl)cc2)CC(=O)N[C@H]2CCCC[C@@H]2N(C)C1=O. The highest BCUT2D eigenvalue weighted by atomic mass is 35.5. The van der Waals surface area contributed by atoms with E-state index in [2.05, 4.69) is 27.1 Å². The molecule has 15 nitrogen and oxygen atoms in total. The molecule has 370 valence electrons. The second-order valence-corrected chi connectivity index (χ2v) is 19.4. The quantitative estimate of drug-likeness (QED) is 0.134. The van der Waals surface area contributed by atoms with Gasteiger partial charge in [-0.05, 0) is 101 Å². The van der Waals surface area contributed by atoms with Crippen molar-refractivity contribution < 1.29 is 33.4 Å². The molecule has 2 heterocycles. The molecular weight excluding hydrogens is 920 g/mol. The molecule has 1 aromatic heterocycles. The number of carbonyl (C=O) groups is 5. The standard InChI is InChI=1S/C52H66Cl2N8O7/c1-9-12-36-26-49(64)62(30-37-17-22-39(54)27-46(37)69-41-23-18-35(19-24-41)45-29-55-47(60(45)6)31-58(3)4)33(2)50(65)57-43(32-68-8)52(67)59(5)40(25-34-15-20-38(53)21-16-34)28-48(63)56-42-13-10-11-14-44(42)61(7)51(36)66/h9,15-24,27,29,33,36,40,42-44H,1,10-14,25-26,28,30-32H2,2-8H3,(H,56,63)(H,57,65)/t33-,36+,40-,42-,43-,44-/m0/s1. The number of imidazole rings is 1. The molecule has 4 aromatic rings. The number of methoxy groups -OCH3 is 1. The summed E-state index contributed by atoms with van der Waals surface area (Å²) >= 11 is 12.8. The van der Waals surface area contributed by atoms with Crippen LogP contribution < -0.4 is 15.4 Å². The lowest BCUT2D eigenvalue weighted by molar-refractivity contribution is -0.147. The zero-order valence-electron chi connectivity index (χ0n) is 40.8. The van der Waals surface area contributed by atoms with E-state index in [0.29, 0.717) is 52.9 Å². The molecule has 1 aliphatic carbocycles. The Hall–Kier alpha value is -5.74. The number of fused-ring (bicyclic) bond motifs is 1. The van der Waals surface area contributed by atoms with Crippen molar-refractivity contribution in [2.45, 2.75) is 102 Å². The van der Waals surface area contributed by atoms with E-state index in [9.17, 15) is 24.0 Å². The summed E-state index contributed by atoms with van der Waals surface area (Å²) in [6, 6.07) is 16.1. The number of rotatable bonds is 13. The largest absolute Gasteiger partial charge is 0.457 e. The first-order chi connectivity index (χ1) is 33.0. The zero-order chi connectivity index (χ0) is 49.9. The molecule has 0 radical (unpaired) electrons. The van der Waals surface area contributed by atoms with Gasteiger partial charge in [-0.3, -0.25) is 24.0 Å². The predicted octanol–water partition coefficient (Wildman–Crippen LogP) is 7.04. The molecule has 5 amide bonds. The van der Waals surface area contributed by atoms with Crippen LogP contribution in [0.5, 0.6) is 11.5 Å². The average Bonchev–Trinajstić information content (AvgIpc) is 3.68. The van der Waals surface area contributed by atoms with Gasteiger partial charge in [0.1, 0.15) is 29.4 Å². The number of hydrogen-bond donors (Lipinski definition) is 2. The van der Waals surface area contributed by atoms with Crippen LogP contribution in [0.4, 0.5) is 0 Å². The lowest BCUT2D eigenvalue weighted by atomic mass is 9.87. The Morgan fingerprint density at radius 2 is 1.57 bits per heavy atom. The van der Waals surface area contributed by atoms with Gasteiger partial charge in [-0.25, -0.2) is 4.98 Å². The Morgan fingerprint density at radius 1 is 0.870 bits per heavy atom. The van der Waals surface area contributed by atoms with E-state index in [1.54, 1.807) is 62.3 Å². The third kappa shape index (κ3) is 13.5. The molecule has 3 aromatic carbocycles. The summed E-state index contributed by atoms with van der Waals surface area (Å²) in [4.78, 5) is 83.7. The lowest BCUT2D eigenvalue weighted by Crippen LogP contribution is -2.58. The van der Waals surface area contributed by atoms with Gasteiger partial charge in [-0.15, -0.1) is 6.58 Å². The maximum absolute atomic E-state index is 14.9. The van der Waals surface area contributed by atoms with E-state index in [0.717, 1.165) is 35.5 Å². The van der Waals surface area contributed by atoms with Crippen molar-refractivity contribution in [1.82, 2.24) is 39.8 Å². The molecule has 2 fully saturated rings. The zero-order valence-corrected chi connectivity index (χ0v) is 42.3. The number of carbonyl (C=O) groups excluding carboxylic acids is 5. The summed E-state index contributed by atoms with van der Waals surface area (Å²) in [6.07, 6.45) is 6.69. The third-order valence-corrected chi connectivity index (χ3v) is 13.7. The Balaban J connectivity index is 1.35. The number of nitrogens with zero attached hydrogens (tertiary/aromatic N) is 6. The number of benzene rings is 3. The summed E-state index contributed by atoms with van der Waals surface area (Å²) < 4.78 is 14.0. The summed E-state index contributed by atoms with van der Waals surface area (Å²) in [5, 5.41) is 7.01. The van der Waals surface area contributed by atoms with Crippen LogP contribution in [0.2, 0.25) is 10.0 Å². The van der Waals surface area contributed by atoms with E-state index < -0.39 is 41.8 Å². The number of likely N-dealkylation sites (N-methyl/N-ethyl adjacent to an activating group) is 2. The highest BCUT2D eigenvalue weighted by Gasteiger charge is 2.39. The second-order valence-electron chi connectivity index (χ2n) is 18.5. The molecule has 17 heteroatoms. The molecule has 2 N–H and O–H groups in total. The minimum atomic E-state index is -1.18. The molecule has 0 unspecified atom stereocenters. The van der Waals surface area contributed by atoms with Crippen LogP contribution in [-0.2, 0) is 55.3 Å². The van der Waals surface area contributed by atoms with E-state index in [4.69, 9.17) is 32.7 Å². The van der Waals surface area contributed by atoms with Crippen molar-refractivity contribution in [3.05, 3.63) is 113 Å². The number of halogens is 2. The Bertz CT molecular complexity index is 2450. The van der Waals surface area contributed by atoms with E-state index in [1.165, 1.54) is 16.9 Å². The van der Waals surface area contributed by atoms with Crippen molar-refractivity contribution >= 4 is 52.7 Å². The van der Waals surface area contributed by atoms with Crippen molar-refractivity contribution in [2.75, 3.05) is 41.9 Å². The number of ether oxygens (including phenoxy) is 2. The van der Waals surface area contributed by atoms with Gasteiger partial charge in [0.15, 0.2) is 0 Å². The summed E-state index contributed by atoms with van der Waals surface area (Å²) in [5.74, 6) is -1.18. The van der Waals surface area contributed by atoms with Crippen LogP contribution in [0.1, 0.15) is 68.8 Å². The smallest absolute Gasteiger partial charge is 0.247 e. The van der Waals surface area contributed by atoms with Gasteiger partial charge < -0.3 is 44.3 Å². The predicted molar refractivity (Wildman–Crippen MR) is 268 cm³/mol. The second kappa shape index (κ2) is 24.2. The first kappa shape index (κ1) is 52.6. The van der Waals surface area contributed by atoms with Crippen LogP contribution in [0.25, 0.3) is 11.3 Å². The first-order valence-electron chi connectivity index (χ1n) is 23.5. The van der Waals surface area contributed by atoms with Crippen LogP contribution >= 0.6 is 23.2 Å². The lowest BCUT2D eigenvalue weighted by Gasteiger charge is -2.40. The molecule has 1 aliphatic heterocycles. The first-order valence-corrected chi connectivity index (χ1v) is 24.2. The van der Waals surface area contributed by atoms with Crippen LogP contribution in [0.15, 0.2) is 85.6 Å². The van der Waals surface area contributed by atoms with Crippen molar-refractivity contribution in [3.63, 3.8) is 0 Å². The molecule has 0 bridgehead atoms. The number of nitrogens with one attached hydrogen (secondary N) is 2. The van der Waals surface area contributed by atoms with Gasteiger partial charge in [-0.2, -0.15) is 0 Å². The summed E-state index contributed by atoms with van der Waals surface area (Å²) in [6.45, 7) is 5.88. The number of allylic oxidation sites excluding steroid dienone is 1. The minimum Gasteiger partial charge on any atom is -0.457 e. The molecular formula is C52H66Cl2N8O7. The molecule has 1 saturated carbocycles. The summed E-state index contributed by atoms with van der Waals surface area (Å²) in [5.41, 5.74) is 3.27. The molecule has 0 spiro atoms. The van der Waals surface area contributed by atoms with Gasteiger partial charge in [0, 0.05) is 74.4 Å². The van der Waals surface area contributed by atoms with Gasteiger partial charge in [0.2, 0.25) is 29.5 Å². The molecule has 1 saturated heterocycles. The molecule has 6 rings (SSSR count). The minimum absolute atomic E-state index is 0.0465. The summed E-state index contributed by atoms with van der Waals surface area (Å²) in [7, 11) is 10.7. The maximum atomic E-state index is 14.9. The number of amides is 5. The van der Waals surface area contributed by atoms with Gasteiger partial charge in [-0.1, -0.05) is 60.3 Å². The maximum Gasteiger partial charge on any atom is 0.247 e. The van der Waals surface area contributed by atoms with E-state index >= 15 is 0 Å². The average molecular weight is 986 g/mol. The highest BCUT2D eigenvalue weighted by molar-refractivity contribution is 6.31. The molecule has 6 atom stereocenters. The fourth-order valence-corrected chi connectivity index (χ4v) is 9.55. The fraction of sp³-hybridized carbons (Fsp3) is 0.462. The van der Waals surface area contributed by atoms with Gasteiger partial charge >= 0.3 is 0 Å². The fourth-order valence-electron chi connectivity index (χ4n) is 9.26. The monoisotopic (exact) mass is 984 g/mol. The van der Waals surface area contributed by atoms with Crippen molar-refractivity contribution in [1.29, 1.82) is 0 Å². The van der Waals surface area contributed by atoms with E-state index in [1.807, 2.05) is 68.3 Å². The van der Waals surface area contributed by atoms with Crippen LogP contribution in [0, 0.1) is 5.92 Å². The Labute approximate surface area is 416 Å².